The minimum atomic E-state index is 0.420. The molecule has 17 heavy (non-hydrogen) atoms. The van der Waals surface area contributed by atoms with E-state index in [0.29, 0.717) is 28.7 Å². The van der Waals surface area contributed by atoms with Crippen molar-refractivity contribution in [3.63, 3.8) is 0 Å². The van der Waals surface area contributed by atoms with Crippen LogP contribution >= 0.6 is 11.6 Å². The minimum absolute atomic E-state index is 0.420. The summed E-state index contributed by atoms with van der Waals surface area (Å²) < 4.78 is 5.32. The summed E-state index contributed by atoms with van der Waals surface area (Å²) in [4.78, 5) is 4.06. The van der Waals surface area contributed by atoms with Gasteiger partial charge >= 0.3 is 0 Å². The molecule has 0 saturated heterocycles. The molecule has 0 saturated carbocycles. The van der Waals surface area contributed by atoms with E-state index in [1.165, 1.54) is 0 Å². The molecule has 0 aliphatic carbocycles. The standard InChI is InChI=1S/C12H10ClN3O/c1-8-6-16-12(17-8)7-15-11-4-2-3-10(13)9(11)5-14/h2-4,6,15H,7H2,1H3. The quantitative estimate of drug-likeness (QED) is 0.905. The molecule has 0 fully saturated rings. The number of hydrogen-bond donors (Lipinski definition) is 1. The molecule has 1 heterocycles. The Bertz CT molecular complexity index is 571. The lowest BCUT2D eigenvalue weighted by Crippen LogP contribution is -2.01. The molecule has 0 aliphatic heterocycles. The molecule has 0 atom stereocenters. The average molecular weight is 248 g/mol. The highest BCUT2D eigenvalue weighted by Crippen LogP contribution is 2.23. The van der Waals surface area contributed by atoms with Crippen molar-refractivity contribution in [3.05, 3.63) is 46.6 Å². The molecule has 2 aromatic rings. The Morgan fingerprint density at radius 2 is 2.35 bits per heavy atom. The summed E-state index contributed by atoms with van der Waals surface area (Å²) in [5.41, 5.74) is 1.10. The van der Waals surface area contributed by atoms with E-state index < -0.39 is 0 Å². The van der Waals surface area contributed by atoms with Crippen LogP contribution in [-0.2, 0) is 6.54 Å². The number of benzene rings is 1. The highest BCUT2D eigenvalue weighted by atomic mass is 35.5. The first-order valence-electron chi connectivity index (χ1n) is 5.04. The lowest BCUT2D eigenvalue weighted by Gasteiger charge is -2.06. The number of hydrogen-bond acceptors (Lipinski definition) is 4. The van der Waals surface area contributed by atoms with Gasteiger partial charge in [-0.15, -0.1) is 0 Å². The van der Waals surface area contributed by atoms with Gasteiger partial charge in [-0.1, -0.05) is 17.7 Å². The van der Waals surface area contributed by atoms with Gasteiger partial charge in [0.1, 0.15) is 11.8 Å². The Balaban J connectivity index is 2.14. The Morgan fingerprint density at radius 3 is 3.00 bits per heavy atom. The van der Waals surface area contributed by atoms with Crippen molar-refractivity contribution in [2.24, 2.45) is 0 Å². The van der Waals surface area contributed by atoms with E-state index in [-0.39, 0.29) is 0 Å². The third-order valence-corrected chi connectivity index (χ3v) is 2.54. The first kappa shape index (κ1) is 11.5. The van der Waals surface area contributed by atoms with E-state index >= 15 is 0 Å². The van der Waals surface area contributed by atoms with Gasteiger partial charge < -0.3 is 9.73 Å². The van der Waals surface area contributed by atoms with Crippen molar-refractivity contribution in [2.45, 2.75) is 13.5 Å². The fraction of sp³-hybridized carbons (Fsp3) is 0.167. The van der Waals surface area contributed by atoms with Gasteiger partial charge in [-0.25, -0.2) is 4.98 Å². The van der Waals surface area contributed by atoms with Gasteiger partial charge in [0, 0.05) is 0 Å². The van der Waals surface area contributed by atoms with Crippen LogP contribution < -0.4 is 5.32 Å². The minimum Gasteiger partial charge on any atom is -0.444 e. The fourth-order valence-corrected chi connectivity index (χ4v) is 1.66. The van der Waals surface area contributed by atoms with E-state index in [4.69, 9.17) is 21.3 Å². The number of aromatic nitrogens is 1. The van der Waals surface area contributed by atoms with Crippen LogP contribution in [0, 0.1) is 18.3 Å². The van der Waals surface area contributed by atoms with Crippen molar-refractivity contribution in [1.29, 1.82) is 5.26 Å². The molecule has 0 aliphatic rings. The summed E-state index contributed by atoms with van der Waals surface area (Å²) in [6.07, 6.45) is 1.65. The zero-order valence-corrected chi connectivity index (χ0v) is 9.95. The van der Waals surface area contributed by atoms with Crippen LogP contribution in [0.2, 0.25) is 5.02 Å². The van der Waals surface area contributed by atoms with Crippen molar-refractivity contribution >= 4 is 17.3 Å². The summed E-state index contributed by atoms with van der Waals surface area (Å²) in [5, 5.41) is 12.5. The van der Waals surface area contributed by atoms with Crippen LogP contribution in [0.1, 0.15) is 17.2 Å². The zero-order chi connectivity index (χ0) is 12.3. The zero-order valence-electron chi connectivity index (χ0n) is 9.20. The lowest BCUT2D eigenvalue weighted by atomic mass is 10.2. The summed E-state index contributed by atoms with van der Waals surface area (Å²) in [6, 6.07) is 7.32. The van der Waals surface area contributed by atoms with Gasteiger partial charge in [-0.2, -0.15) is 5.26 Å². The molecule has 0 spiro atoms. The molecule has 5 heteroatoms. The normalized spacial score (nSPS) is 9.94. The van der Waals surface area contributed by atoms with Crippen molar-refractivity contribution in [2.75, 3.05) is 5.32 Å². The molecular formula is C12H10ClN3O. The molecule has 1 aromatic heterocycles. The number of nitrogens with zero attached hydrogens (tertiary/aromatic N) is 2. The fourth-order valence-electron chi connectivity index (χ4n) is 1.44. The van der Waals surface area contributed by atoms with E-state index in [0.717, 1.165) is 5.76 Å². The van der Waals surface area contributed by atoms with Gasteiger partial charge in [0.25, 0.3) is 0 Å². The van der Waals surface area contributed by atoms with Crippen LogP contribution in [0.25, 0.3) is 0 Å². The molecule has 0 radical (unpaired) electrons. The number of nitriles is 1. The molecular weight excluding hydrogens is 238 g/mol. The maximum absolute atomic E-state index is 8.99. The molecule has 0 amide bonds. The summed E-state index contributed by atoms with van der Waals surface area (Å²) >= 11 is 5.91. The maximum atomic E-state index is 8.99. The van der Waals surface area contributed by atoms with Gasteiger partial charge in [0.05, 0.1) is 29.0 Å². The number of oxazole rings is 1. The molecule has 2 rings (SSSR count). The predicted octanol–water partition coefficient (Wildman–Crippen LogP) is 3.12. The number of anilines is 1. The van der Waals surface area contributed by atoms with E-state index in [1.807, 2.05) is 6.92 Å². The molecule has 86 valence electrons. The van der Waals surface area contributed by atoms with E-state index in [9.17, 15) is 0 Å². The first-order chi connectivity index (χ1) is 8.20. The summed E-state index contributed by atoms with van der Waals surface area (Å²) in [7, 11) is 0. The third-order valence-electron chi connectivity index (χ3n) is 2.22. The number of aryl methyl sites for hydroxylation is 1. The highest BCUT2D eigenvalue weighted by molar-refractivity contribution is 6.32. The second-order valence-electron chi connectivity index (χ2n) is 3.49. The van der Waals surface area contributed by atoms with Crippen molar-refractivity contribution < 1.29 is 4.42 Å². The maximum Gasteiger partial charge on any atom is 0.213 e. The van der Waals surface area contributed by atoms with Crippen molar-refractivity contribution in [3.8, 4) is 6.07 Å². The Hall–Kier alpha value is -1.99. The van der Waals surface area contributed by atoms with Crippen LogP contribution in [0.3, 0.4) is 0 Å². The second-order valence-corrected chi connectivity index (χ2v) is 3.90. The molecule has 1 N–H and O–H groups in total. The SMILES string of the molecule is Cc1cnc(CNc2cccc(Cl)c2C#N)o1. The van der Waals surface area contributed by atoms with Crippen LogP contribution in [0.15, 0.2) is 28.8 Å². The summed E-state index contributed by atoms with van der Waals surface area (Å²) in [5.74, 6) is 1.33. The molecule has 4 nitrogen and oxygen atoms in total. The topological polar surface area (TPSA) is 61.9 Å². The van der Waals surface area contributed by atoms with Gasteiger partial charge in [0.2, 0.25) is 5.89 Å². The largest absolute Gasteiger partial charge is 0.444 e. The number of rotatable bonds is 3. The predicted molar refractivity (Wildman–Crippen MR) is 64.7 cm³/mol. The summed E-state index contributed by atoms with van der Waals surface area (Å²) in [6.45, 7) is 2.25. The van der Waals surface area contributed by atoms with Gasteiger partial charge in [-0.3, -0.25) is 0 Å². The molecule has 0 unspecified atom stereocenters. The average Bonchev–Trinajstić information content (AvgIpc) is 2.72. The smallest absolute Gasteiger partial charge is 0.213 e. The van der Waals surface area contributed by atoms with Crippen molar-refractivity contribution in [1.82, 2.24) is 4.98 Å². The Morgan fingerprint density at radius 1 is 1.53 bits per heavy atom. The second kappa shape index (κ2) is 4.89. The van der Waals surface area contributed by atoms with Gasteiger partial charge in [0.15, 0.2) is 0 Å². The van der Waals surface area contributed by atoms with Crippen LogP contribution in [-0.4, -0.2) is 4.98 Å². The lowest BCUT2D eigenvalue weighted by molar-refractivity contribution is 0.479. The van der Waals surface area contributed by atoms with Crippen LogP contribution in [0.5, 0.6) is 0 Å². The first-order valence-corrected chi connectivity index (χ1v) is 5.42. The monoisotopic (exact) mass is 247 g/mol. The Kier molecular flexibility index (Phi) is 3.31. The number of halogens is 1. The Labute approximate surface area is 104 Å². The van der Waals surface area contributed by atoms with E-state index in [1.54, 1.807) is 24.4 Å². The molecule has 0 bridgehead atoms. The molecule has 1 aromatic carbocycles. The van der Waals surface area contributed by atoms with Gasteiger partial charge in [-0.05, 0) is 19.1 Å². The van der Waals surface area contributed by atoms with Crippen LogP contribution in [0.4, 0.5) is 5.69 Å². The number of nitrogens with one attached hydrogen (secondary N) is 1. The third kappa shape index (κ3) is 2.58. The van der Waals surface area contributed by atoms with E-state index in [2.05, 4.69) is 16.4 Å². The highest BCUT2D eigenvalue weighted by Gasteiger charge is 2.07.